The Kier molecular flexibility index (Phi) is 6.82. The number of ether oxygens (including phenoxy) is 2. The van der Waals surface area contributed by atoms with Crippen molar-refractivity contribution >= 4 is 23.3 Å². The second-order valence-corrected chi connectivity index (χ2v) is 7.05. The van der Waals surface area contributed by atoms with Gasteiger partial charge in [-0.15, -0.1) is 0 Å². The minimum Gasteiger partial charge on any atom is -0.497 e. The summed E-state index contributed by atoms with van der Waals surface area (Å²) < 4.78 is 10.4. The number of anilines is 1. The van der Waals surface area contributed by atoms with Crippen LogP contribution in [0.3, 0.4) is 0 Å². The van der Waals surface area contributed by atoms with Crippen molar-refractivity contribution in [2.24, 2.45) is 0 Å². The highest BCUT2D eigenvalue weighted by Gasteiger charge is 2.18. The molecule has 0 aliphatic heterocycles. The minimum absolute atomic E-state index is 0.160. The lowest BCUT2D eigenvalue weighted by molar-refractivity contribution is 0.0475. The van der Waals surface area contributed by atoms with E-state index in [4.69, 9.17) is 9.47 Å². The predicted molar refractivity (Wildman–Crippen MR) is 118 cm³/mol. The summed E-state index contributed by atoms with van der Waals surface area (Å²) in [6, 6.07) is 18.7. The number of ketones is 1. The third-order valence-electron chi connectivity index (χ3n) is 4.75. The zero-order valence-electron chi connectivity index (χ0n) is 17.6. The van der Waals surface area contributed by atoms with Gasteiger partial charge in [-0.2, -0.15) is 0 Å². The maximum atomic E-state index is 12.6. The van der Waals surface area contributed by atoms with Gasteiger partial charge in [0.1, 0.15) is 5.75 Å². The van der Waals surface area contributed by atoms with Crippen molar-refractivity contribution < 1.29 is 23.9 Å². The molecule has 0 spiro atoms. The van der Waals surface area contributed by atoms with Crippen LogP contribution >= 0.6 is 0 Å². The Labute approximate surface area is 180 Å². The van der Waals surface area contributed by atoms with Gasteiger partial charge in [0.05, 0.1) is 18.4 Å². The number of benzene rings is 3. The number of para-hydroxylation sites is 1. The molecule has 3 rings (SSSR count). The van der Waals surface area contributed by atoms with E-state index in [-0.39, 0.29) is 18.0 Å². The van der Waals surface area contributed by atoms with Gasteiger partial charge in [-0.3, -0.25) is 9.59 Å². The number of esters is 1. The molecule has 31 heavy (non-hydrogen) atoms. The molecule has 3 aromatic carbocycles. The van der Waals surface area contributed by atoms with Crippen LogP contribution in [0, 0.1) is 13.8 Å². The van der Waals surface area contributed by atoms with E-state index in [0.717, 1.165) is 11.1 Å². The zero-order chi connectivity index (χ0) is 22.4. The molecule has 0 bridgehead atoms. The molecule has 0 fully saturated rings. The fraction of sp³-hybridized carbons (Fsp3) is 0.160. The molecule has 6 nitrogen and oxygen atoms in total. The standard InChI is InChI=1S/C25H23NO5/c1-16-11-12-17(2)21(13-16)23(27)15-31-25(29)20-9-4-5-10-22(20)26-24(28)18-7-6-8-19(14-18)30-3/h4-14H,15H2,1-3H3,(H,26,28). The summed E-state index contributed by atoms with van der Waals surface area (Å²) in [6.45, 7) is 3.34. The number of Topliss-reactive ketones (excluding diaryl/α,β-unsaturated/α-hetero) is 1. The summed E-state index contributed by atoms with van der Waals surface area (Å²) in [5.74, 6) is -0.830. The number of hydrogen-bond acceptors (Lipinski definition) is 5. The number of hydrogen-bond donors (Lipinski definition) is 1. The van der Waals surface area contributed by atoms with Crippen molar-refractivity contribution in [3.63, 3.8) is 0 Å². The first-order valence-electron chi connectivity index (χ1n) is 9.71. The van der Waals surface area contributed by atoms with Crippen LogP contribution in [0.25, 0.3) is 0 Å². The van der Waals surface area contributed by atoms with E-state index < -0.39 is 11.9 Å². The molecule has 0 aliphatic carbocycles. The molecular formula is C25H23NO5. The maximum Gasteiger partial charge on any atom is 0.340 e. The predicted octanol–water partition coefficient (Wildman–Crippen LogP) is 4.60. The summed E-state index contributed by atoms with van der Waals surface area (Å²) in [5, 5.41) is 2.71. The van der Waals surface area contributed by atoms with Crippen LogP contribution in [0.5, 0.6) is 5.75 Å². The Bertz CT molecular complexity index is 1140. The minimum atomic E-state index is -0.694. The molecule has 0 aliphatic rings. The molecular weight excluding hydrogens is 394 g/mol. The van der Waals surface area contributed by atoms with E-state index in [1.165, 1.54) is 13.2 Å². The third kappa shape index (κ3) is 5.36. The lowest BCUT2D eigenvalue weighted by Gasteiger charge is -2.12. The lowest BCUT2D eigenvalue weighted by atomic mass is 10.0. The van der Waals surface area contributed by atoms with E-state index >= 15 is 0 Å². The van der Waals surface area contributed by atoms with Gasteiger partial charge in [0.25, 0.3) is 5.91 Å². The van der Waals surface area contributed by atoms with Crippen LogP contribution in [-0.2, 0) is 4.74 Å². The highest BCUT2D eigenvalue weighted by atomic mass is 16.5. The summed E-state index contributed by atoms with van der Waals surface area (Å²) >= 11 is 0. The largest absolute Gasteiger partial charge is 0.497 e. The average Bonchev–Trinajstić information content (AvgIpc) is 2.79. The lowest BCUT2D eigenvalue weighted by Crippen LogP contribution is -2.18. The van der Waals surface area contributed by atoms with Crippen molar-refractivity contribution in [1.29, 1.82) is 0 Å². The van der Waals surface area contributed by atoms with Crippen molar-refractivity contribution in [2.75, 3.05) is 19.0 Å². The third-order valence-corrected chi connectivity index (χ3v) is 4.75. The molecule has 3 aromatic rings. The SMILES string of the molecule is COc1cccc(C(=O)Nc2ccccc2C(=O)OCC(=O)c2cc(C)ccc2C)c1. The molecule has 0 heterocycles. The van der Waals surface area contributed by atoms with E-state index in [1.54, 1.807) is 48.5 Å². The maximum absolute atomic E-state index is 12.6. The van der Waals surface area contributed by atoms with Crippen molar-refractivity contribution in [3.05, 3.63) is 94.5 Å². The Morgan fingerprint density at radius 2 is 1.65 bits per heavy atom. The Hall–Kier alpha value is -3.93. The fourth-order valence-electron chi connectivity index (χ4n) is 3.05. The topological polar surface area (TPSA) is 81.7 Å². The van der Waals surface area contributed by atoms with Gasteiger partial charge in [0.15, 0.2) is 6.61 Å². The number of nitrogens with one attached hydrogen (secondary N) is 1. The van der Waals surface area contributed by atoms with Crippen molar-refractivity contribution in [1.82, 2.24) is 0 Å². The van der Waals surface area contributed by atoms with E-state index in [0.29, 0.717) is 22.6 Å². The van der Waals surface area contributed by atoms with Crippen LogP contribution in [0.1, 0.15) is 42.2 Å². The first-order chi connectivity index (χ1) is 14.9. The molecule has 0 aromatic heterocycles. The molecule has 0 unspecified atom stereocenters. The Morgan fingerprint density at radius 1 is 0.871 bits per heavy atom. The molecule has 158 valence electrons. The summed E-state index contributed by atoms with van der Waals surface area (Å²) in [7, 11) is 1.52. The number of carbonyl (C=O) groups excluding carboxylic acids is 3. The normalized spacial score (nSPS) is 10.3. The molecule has 1 amide bonds. The molecule has 0 saturated carbocycles. The number of methoxy groups -OCH3 is 1. The first kappa shape index (κ1) is 21.8. The van der Waals surface area contributed by atoms with Gasteiger partial charge in [-0.05, 0) is 55.8 Å². The number of carbonyl (C=O) groups is 3. The van der Waals surface area contributed by atoms with Crippen LogP contribution in [-0.4, -0.2) is 31.4 Å². The molecule has 1 N–H and O–H groups in total. The highest BCUT2D eigenvalue weighted by molar-refractivity contribution is 6.08. The fourth-order valence-corrected chi connectivity index (χ4v) is 3.05. The van der Waals surface area contributed by atoms with Gasteiger partial charge in [0, 0.05) is 11.1 Å². The van der Waals surface area contributed by atoms with Gasteiger partial charge >= 0.3 is 5.97 Å². The van der Waals surface area contributed by atoms with Crippen molar-refractivity contribution in [2.45, 2.75) is 13.8 Å². The van der Waals surface area contributed by atoms with Crippen LogP contribution in [0.2, 0.25) is 0 Å². The second-order valence-electron chi connectivity index (χ2n) is 7.05. The van der Waals surface area contributed by atoms with E-state index in [1.807, 2.05) is 26.0 Å². The first-order valence-corrected chi connectivity index (χ1v) is 9.71. The van der Waals surface area contributed by atoms with E-state index in [9.17, 15) is 14.4 Å². The Balaban J connectivity index is 1.72. The number of aryl methyl sites for hydroxylation is 2. The van der Waals surface area contributed by atoms with Gasteiger partial charge in [-0.1, -0.05) is 35.9 Å². The molecule has 0 atom stereocenters. The van der Waals surface area contributed by atoms with E-state index in [2.05, 4.69) is 5.32 Å². The number of rotatable bonds is 7. The van der Waals surface area contributed by atoms with Gasteiger partial charge in [0.2, 0.25) is 5.78 Å². The van der Waals surface area contributed by atoms with Crippen LogP contribution in [0.4, 0.5) is 5.69 Å². The van der Waals surface area contributed by atoms with Gasteiger partial charge in [-0.25, -0.2) is 4.79 Å². The van der Waals surface area contributed by atoms with Crippen molar-refractivity contribution in [3.8, 4) is 5.75 Å². The quantitative estimate of drug-likeness (QED) is 0.449. The second kappa shape index (κ2) is 9.71. The average molecular weight is 417 g/mol. The number of amides is 1. The smallest absolute Gasteiger partial charge is 0.340 e. The monoisotopic (exact) mass is 417 g/mol. The Morgan fingerprint density at radius 3 is 2.42 bits per heavy atom. The zero-order valence-corrected chi connectivity index (χ0v) is 17.6. The van der Waals surface area contributed by atoms with Crippen LogP contribution in [0.15, 0.2) is 66.7 Å². The molecule has 0 saturated heterocycles. The molecule has 6 heteroatoms. The summed E-state index contributed by atoms with van der Waals surface area (Å²) in [4.78, 5) is 37.7. The summed E-state index contributed by atoms with van der Waals surface area (Å²) in [5.41, 5.74) is 3.12. The highest BCUT2D eigenvalue weighted by Crippen LogP contribution is 2.20. The summed E-state index contributed by atoms with van der Waals surface area (Å²) in [6.07, 6.45) is 0. The molecule has 0 radical (unpaired) electrons. The van der Waals surface area contributed by atoms with Gasteiger partial charge < -0.3 is 14.8 Å². The van der Waals surface area contributed by atoms with Crippen LogP contribution < -0.4 is 10.1 Å².